The van der Waals surface area contributed by atoms with Gasteiger partial charge in [-0.2, -0.15) is 5.26 Å². The Labute approximate surface area is 97.4 Å². The molecule has 0 aromatic carbocycles. The van der Waals surface area contributed by atoms with E-state index in [1.807, 2.05) is 24.4 Å². The highest BCUT2D eigenvalue weighted by molar-refractivity contribution is 7.13. The summed E-state index contributed by atoms with van der Waals surface area (Å²) in [5, 5.41) is 11.9. The molecule has 0 atom stereocenters. The zero-order valence-corrected chi connectivity index (χ0v) is 9.67. The second kappa shape index (κ2) is 3.19. The first-order valence-corrected chi connectivity index (χ1v) is 6.06. The Kier molecular flexibility index (Phi) is 1.92. The molecular formula is C12H10N2OS. The van der Waals surface area contributed by atoms with Crippen molar-refractivity contribution < 1.29 is 4.42 Å². The predicted octanol–water partition coefficient (Wildman–Crippen LogP) is 3.27. The van der Waals surface area contributed by atoms with Gasteiger partial charge in [-0.15, -0.1) is 11.3 Å². The minimum absolute atomic E-state index is 0.295. The Hall–Kier alpha value is -1.60. The quantitative estimate of drug-likeness (QED) is 0.795. The summed E-state index contributed by atoms with van der Waals surface area (Å²) in [6, 6.07) is 6.20. The van der Waals surface area contributed by atoms with E-state index in [1.165, 1.54) is 0 Å². The number of nitriles is 1. The summed E-state index contributed by atoms with van der Waals surface area (Å²) in [7, 11) is 0. The van der Waals surface area contributed by atoms with Crippen LogP contribution < -0.4 is 0 Å². The molecule has 0 aliphatic heterocycles. The third kappa shape index (κ3) is 1.36. The molecule has 4 heteroatoms. The molecule has 0 unspecified atom stereocenters. The van der Waals surface area contributed by atoms with E-state index in [0.717, 1.165) is 35.1 Å². The van der Waals surface area contributed by atoms with Crippen LogP contribution >= 0.6 is 11.3 Å². The first-order chi connectivity index (χ1) is 7.73. The molecule has 2 aromatic rings. The van der Waals surface area contributed by atoms with Crippen LogP contribution in [0.2, 0.25) is 0 Å². The summed E-state index contributed by atoms with van der Waals surface area (Å²) < 4.78 is 5.51. The first-order valence-electron chi connectivity index (χ1n) is 5.18. The molecule has 1 fully saturated rings. The molecule has 0 amide bonds. The van der Waals surface area contributed by atoms with Crippen LogP contribution in [0, 0.1) is 18.3 Å². The number of nitrogens with zero attached hydrogens (tertiary/aromatic N) is 2. The smallest absolute Gasteiger partial charge is 0.162 e. The fourth-order valence-electron chi connectivity index (χ4n) is 1.71. The lowest BCUT2D eigenvalue weighted by Crippen LogP contribution is -2.02. The van der Waals surface area contributed by atoms with E-state index < -0.39 is 0 Å². The van der Waals surface area contributed by atoms with Crippen LogP contribution in [0.5, 0.6) is 0 Å². The van der Waals surface area contributed by atoms with Crippen molar-refractivity contribution in [2.75, 3.05) is 0 Å². The van der Waals surface area contributed by atoms with Crippen LogP contribution in [0.15, 0.2) is 21.9 Å². The highest BCUT2D eigenvalue weighted by Gasteiger charge is 2.47. The van der Waals surface area contributed by atoms with Gasteiger partial charge in [0, 0.05) is 5.38 Å². The topological polar surface area (TPSA) is 49.8 Å². The Morgan fingerprint density at radius 3 is 2.88 bits per heavy atom. The summed E-state index contributed by atoms with van der Waals surface area (Å²) in [5.74, 6) is 1.68. The van der Waals surface area contributed by atoms with E-state index in [9.17, 15) is 0 Å². The van der Waals surface area contributed by atoms with Crippen molar-refractivity contribution in [3.63, 3.8) is 0 Å². The average Bonchev–Trinajstić information content (AvgIpc) is 2.74. The second-order valence-corrected chi connectivity index (χ2v) is 5.00. The summed E-state index contributed by atoms with van der Waals surface area (Å²) >= 11 is 1.54. The van der Waals surface area contributed by atoms with Gasteiger partial charge in [0.25, 0.3) is 0 Å². The lowest BCUT2D eigenvalue weighted by Gasteiger charge is -1.97. The number of furan rings is 1. The van der Waals surface area contributed by atoms with Gasteiger partial charge in [0.1, 0.15) is 11.2 Å². The van der Waals surface area contributed by atoms with Gasteiger partial charge in [-0.25, -0.2) is 4.98 Å². The first kappa shape index (κ1) is 9.61. The lowest BCUT2D eigenvalue weighted by molar-refractivity contribution is 0.547. The van der Waals surface area contributed by atoms with Crippen molar-refractivity contribution in [1.29, 1.82) is 5.26 Å². The molecule has 0 radical (unpaired) electrons. The number of aromatic nitrogens is 1. The van der Waals surface area contributed by atoms with Crippen molar-refractivity contribution in [3.8, 4) is 16.8 Å². The van der Waals surface area contributed by atoms with Crippen molar-refractivity contribution in [2.24, 2.45) is 0 Å². The fraction of sp³-hybridized carbons (Fsp3) is 0.333. The number of rotatable bonds is 2. The van der Waals surface area contributed by atoms with Crippen LogP contribution in [0.3, 0.4) is 0 Å². The Morgan fingerprint density at radius 1 is 1.50 bits per heavy atom. The largest absolute Gasteiger partial charge is 0.459 e. The van der Waals surface area contributed by atoms with Crippen molar-refractivity contribution in [2.45, 2.75) is 25.2 Å². The van der Waals surface area contributed by atoms with E-state index in [2.05, 4.69) is 11.1 Å². The van der Waals surface area contributed by atoms with Gasteiger partial charge >= 0.3 is 0 Å². The summed E-state index contributed by atoms with van der Waals surface area (Å²) in [6.45, 7) is 1.91. The molecule has 1 aliphatic carbocycles. The van der Waals surface area contributed by atoms with Crippen molar-refractivity contribution in [1.82, 2.24) is 4.98 Å². The van der Waals surface area contributed by atoms with Gasteiger partial charge in [0.2, 0.25) is 0 Å². The van der Waals surface area contributed by atoms with Gasteiger partial charge < -0.3 is 4.42 Å². The zero-order valence-electron chi connectivity index (χ0n) is 8.86. The SMILES string of the molecule is Cc1ccc(-c2nc(C3(C#N)CC3)cs2)o1. The maximum atomic E-state index is 9.09. The van der Waals surface area contributed by atoms with E-state index in [4.69, 9.17) is 9.68 Å². The van der Waals surface area contributed by atoms with Crippen LogP contribution in [-0.4, -0.2) is 4.98 Å². The summed E-state index contributed by atoms with van der Waals surface area (Å²) in [4.78, 5) is 4.50. The van der Waals surface area contributed by atoms with E-state index in [-0.39, 0.29) is 5.41 Å². The molecule has 0 N–H and O–H groups in total. The Bertz CT molecular complexity index is 572. The van der Waals surface area contributed by atoms with Crippen LogP contribution in [0.1, 0.15) is 24.3 Å². The maximum absolute atomic E-state index is 9.09. The van der Waals surface area contributed by atoms with Crippen molar-refractivity contribution in [3.05, 3.63) is 29.0 Å². The molecule has 80 valence electrons. The van der Waals surface area contributed by atoms with E-state index in [1.54, 1.807) is 11.3 Å². The Balaban J connectivity index is 1.97. The van der Waals surface area contributed by atoms with Gasteiger partial charge in [-0.05, 0) is 31.9 Å². The van der Waals surface area contributed by atoms with Gasteiger partial charge in [0.15, 0.2) is 10.8 Å². The third-order valence-corrected chi connectivity index (χ3v) is 3.77. The van der Waals surface area contributed by atoms with Crippen molar-refractivity contribution >= 4 is 11.3 Å². The van der Waals surface area contributed by atoms with Gasteiger partial charge in [0.05, 0.1) is 11.8 Å². The minimum atomic E-state index is -0.295. The van der Waals surface area contributed by atoms with Crippen LogP contribution in [0.25, 0.3) is 10.8 Å². The maximum Gasteiger partial charge on any atom is 0.162 e. The number of thiazole rings is 1. The van der Waals surface area contributed by atoms with Gasteiger partial charge in [-0.1, -0.05) is 0 Å². The highest BCUT2D eigenvalue weighted by Crippen LogP contribution is 2.48. The lowest BCUT2D eigenvalue weighted by atomic mass is 10.1. The molecule has 16 heavy (non-hydrogen) atoms. The number of hydrogen-bond acceptors (Lipinski definition) is 4. The summed E-state index contributed by atoms with van der Waals surface area (Å²) in [5.41, 5.74) is 0.611. The monoisotopic (exact) mass is 230 g/mol. The zero-order chi connectivity index (χ0) is 11.2. The Morgan fingerprint density at radius 2 is 2.31 bits per heavy atom. The number of hydrogen-bond donors (Lipinski definition) is 0. The normalized spacial score (nSPS) is 17.0. The molecule has 0 bridgehead atoms. The number of aryl methyl sites for hydroxylation is 1. The molecule has 3 rings (SSSR count). The minimum Gasteiger partial charge on any atom is -0.459 e. The molecule has 3 nitrogen and oxygen atoms in total. The van der Waals surface area contributed by atoms with E-state index >= 15 is 0 Å². The second-order valence-electron chi connectivity index (χ2n) is 4.14. The molecular weight excluding hydrogens is 220 g/mol. The molecule has 1 aliphatic rings. The molecule has 0 saturated heterocycles. The highest BCUT2D eigenvalue weighted by atomic mass is 32.1. The average molecular weight is 230 g/mol. The van der Waals surface area contributed by atoms with Crippen LogP contribution in [-0.2, 0) is 5.41 Å². The molecule has 2 aromatic heterocycles. The third-order valence-electron chi connectivity index (χ3n) is 2.91. The molecule has 1 saturated carbocycles. The fourth-order valence-corrected chi connectivity index (χ4v) is 2.58. The molecule has 2 heterocycles. The van der Waals surface area contributed by atoms with E-state index in [0.29, 0.717) is 0 Å². The molecule has 0 spiro atoms. The predicted molar refractivity (Wildman–Crippen MR) is 61.1 cm³/mol. The van der Waals surface area contributed by atoms with Gasteiger partial charge in [-0.3, -0.25) is 0 Å². The summed E-state index contributed by atoms with van der Waals surface area (Å²) in [6.07, 6.45) is 1.87. The standard InChI is InChI=1S/C12H10N2OS/c1-8-2-3-9(15-8)11-14-10(6-16-11)12(7-13)4-5-12/h2-3,6H,4-5H2,1H3. The van der Waals surface area contributed by atoms with Crippen LogP contribution in [0.4, 0.5) is 0 Å².